The molecule has 0 aliphatic carbocycles. The average Bonchev–Trinajstić information content (AvgIpc) is 3.03. The number of anilines is 1. The molecule has 0 spiro atoms. The van der Waals surface area contributed by atoms with Crippen molar-refractivity contribution in [2.24, 2.45) is 0 Å². The molecule has 0 unspecified atom stereocenters. The van der Waals surface area contributed by atoms with Gasteiger partial charge in [0.15, 0.2) is 0 Å². The van der Waals surface area contributed by atoms with Crippen molar-refractivity contribution in [2.45, 2.75) is 38.0 Å². The number of ether oxygens (including phenoxy) is 2. The van der Waals surface area contributed by atoms with Crippen LogP contribution in [0.1, 0.15) is 23.8 Å². The molecule has 140 valence electrons. The second-order valence-electron chi connectivity index (χ2n) is 6.19. The summed E-state index contributed by atoms with van der Waals surface area (Å²) in [4.78, 5) is 16.6. The number of hydrogen-bond donors (Lipinski definition) is 3. The van der Waals surface area contributed by atoms with Gasteiger partial charge in [-0.2, -0.15) is 4.98 Å². The number of methoxy groups -OCH3 is 1. The largest absolute Gasteiger partial charge is 0.394 e. The third-order valence-electron chi connectivity index (χ3n) is 4.32. The highest BCUT2D eigenvalue weighted by atomic mass is 16.5. The van der Waals surface area contributed by atoms with Gasteiger partial charge in [0.2, 0.25) is 0 Å². The van der Waals surface area contributed by atoms with Crippen molar-refractivity contribution < 1.29 is 19.7 Å². The van der Waals surface area contributed by atoms with E-state index in [9.17, 15) is 15.0 Å². The average molecular weight is 361 g/mol. The van der Waals surface area contributed by atoms with Gasteiger partial charge in [0.25, 0.3) is 0 Å². The molecule has 8 nitrogen and oxygen atoms in total. The van der Waals surface area contributed by atoms with Gasteiger partial charge in [-0.3, -0.25) is 4.57 Å². The second-order valence-corrected chi connectivity index (χ2v) is 6.19. The van der Waals surface area contributed by atoms with Crippen molar-refractivity contribution in [3.63, 3.8) is 0 Å². The Morgan fingerprint density at radius 2 is 2.15 bits per heavy atom. The van der Waals surface area contributed by atoms with Crippen LogP contribution >= 0.6 is 0 Å². The van der Waals surface area contributed by atoms with E-state index in [4.69, 9.17) is 9.47 Å². The summed E-state index contributed by atoms with van der Waals surface area (Å²) in [6.45, 7) is 0.490. The molecule has 2 heterocycles. The summed E-state index contributed by atoms with van der Waals surface area (Å²) < 4.78 is 12.1. The van der Waals surface area contributed by atoms with E-state index < -0.39 is 24.1 Å². The van der Waals surface area contributed by atoms with E-state index in [1.807, 2.05) is 30.3 Å². The first kappa shape index (κ1) is 18.5. The van der Waals surface area contributed by atoms with Gasteiger partial charge in [-0.05, 0) is 5.56 Å². The van der Waals surface area contributed by atoms with Crippen LogP contribution in [-0.4, -0.2) is 45.7 Å². The molecule has 1 aliphatic heterocycles. The molecular weight excluding hydrogens is 338 g/mol. The highest BCUT2D eigenvalue weighted by Gasteiger charge is 2.35. The Labute approximate surface area is 151 Å². The van der Waals surface area contributed by atoms with Crippen molar-refractivity contribution in [3.8, 4) is 0 Å². The van der Waals surface area contributed by atoms with Crippen LogP contribution in [0.5, 0.6) is 0 Å². The van der Waals surface area contributed by atoms with Gasteiger partial charge in [0, 0.05) is 31.8 Å². The monoisotopic (exact) mass is 361 g/mol. The fourth-order valence-electron chi connectivity index (χ4n) is 2.96. The molecule has 3 rings (SSSR count). The normalized spacial score (nSPS) is 22.5. The van der Waals surface area contributed by atoms with E-state index >= 15 is 0 Å². The van der Waals surface area contributed by atoms with Crippen LogP contribution in [0, 0.1) is 0 Å². The molecule has 1 fully saturated rings. The molecule has 1 aromatic heterocycles. The molecule has 1 aliphatic rings. The molecule has 8 heteroatoms. The molecule has 2 aromatic rings. The maximum absolute atomic E-state index is 12.4. The summed E-state index contributed by atoms with van der Waals surface area (Å²) >= 11 is 0. The molecule has 26 heavy (non-hydrogen) atoms. The van der Waals surface area contributed by atoms with Crippen LogP contribution in [0.4, 0.5) is 5.82 Å². The van der Waals surface area contributed by atoms with E-state index in [-0.39, 0.29) is 19.6 Å². The van der Waals surface area contributed by atoms with E-state index in [0.717, 1.165) is 5.56 Å². The van der Waals surface area contributed by atoms with Crippen LogP contribution in [0.25, 0.3) is 0 Å². The van der Waals surface area contributed by atoms with E-state index in [2.05, 4.69) is 10.3 Å². The minimum absolute atomic E-state index is 0.218. The summed E-state index contributed by atoms with van der Waals surface area (Å²) in [5.41, 5.74) is 1.28. The quantitative estimate of drug-likeness (QED) is 0.665. The maximum Gasteiger partial charge on any atom is 0.351 e. The van der Waals surface area contributed by atoms with Crippen molar-refractivity contribution in [1.82, 2.24) is 9.55 Å². The molecule has 1 saturated heterocycles. The number of nitrogens with one attached hydrogen (secondary N) is 1. The van der Waals surface area contributed by atoms with Gasteiger partial charge in [-0.15, -0.1) is 0 Å². The first-order chi connectivity index (χ1) is 12.6. The van der Waals surface area contributed by atoms with Crippen LogP contribution in [-0.2, 0) is 22.6 Å². The molecule has 3 atom stereocenters. The zero-order valence-corrected chi connectivity index (χ0v) is 14.5. The zero-order chi connectivity index (χ0) is 18.5. The van der Waals surface area contributed by atoms with Gasteiger partial charge in [-0.25, -0.2) is 4.79 Å². The first-order valence-electron chi connectivity index (χ1n) is 8.45. The van der Waals surface area contributed by atoms with Crippen molar-refractivity contribution in [3.05, 3.63) is 58.1 Å². The van der Waals surface area contributed by atoms with E-state index in [1.165, 1.54) is 4.57 Å². The third kappa shape index (κ3) is 4.10. The Morgan fingerprint density at radius 1 is 1.38 bits per heavy atom. The number of aliphatic hydroxyl groups excluding tert-OH is 2. The van der Waals surface area contributed by atoms with Gasteiger partial charge < -0.3 is 25.0 Å². The van der Waals surface area contributed by atoms with Gasteiger partial charge in [0.1, 0.15) is 18.1 Å². The molecule has 0 radical (unpaired) electrons. The Kier molecular flexibility index (Phi) is 6.00. The minimum Gasteiger partial charge on any atom is -0.394 e. The summed E-state index contributed by atoms with van der Waals surface area (Å²) in [5, 5.41) is 22.3. The number of aromatic nitrogens is 2. The zero-order valence-electron chi connectivity index (χ0n) is 14.5. The Hall–Kier alpha value is -2.26. The number of aliphatic hydroxyl groups is 2. The van der Waals surface area contributed by atoms with Crippen molar-refractivity contribution >= 4 is 5.82 Å². The SMILES string of the molecule is COCc1cn([C@H]2C[C@H](O)[C@@H](CO)O2)c(=O)nc1NCc1ccccc1. The maximum atomic E-state index is 12.4. The lowest BCUT2D eigenvalue weighted by atomic mass is 10.2. The number of hydrogen-bond acceptors (Lipinski definition) is 7. The van der Waals surface area contributed by atoms with Gasteiger partial charge in [-0.1, -0.05) is 30.3 Å². The highest BCUT2D eigenvalue weighted by molar-refractivity contribution is 5.42. The summed E-state index contributed by atoms with van der Waals surface area (Å²) in [6.07, 6.45) is -0.340. The summed E-state index contributed by atoms with van der Waals surface area (Å²) in [5.74, 6) is 0.453. The third-order valence-corrected chi connectivity index (χ3v) is 4.32. The smallest absolute Gasteiger partial charge is 0.351 e. The Morgan fingerprint density at radius 3 is 2.81 bits per heavy atom. The van der Waals surface area contributed by atoms with Crippen LogP contribution in [0.15, 0.2) is 41.3 Å². The van der Waals surface area contributed by atoms with Crippen molar-refractivity contribution in [1.29, 1.82) is 0 Å². The van der Waals surface area contributed by atoms with E-state index in [1.54, 1.807) is 13.3 Å². The molecule has 1 aromatic carbocycles. The first-order valence-corrected chi connectivity index (χ1v) is 8.45. The fourth-order valence-corrected chi connectivity index (χ4v) is 2.96. The standard InChI is InChI=1S/C18H23N3O5/c1-25-11-13-9-21(16-7-14(23)15(10-22)26-16)18(24)20-17(13)19-8-12-5-3-2-4-6-12/h2-6,9,14-16,22-23H,7-8,10-11H2,1H3,(H,19,20,24)/t14-,15+,16+/m0/s1. The van der Waals surface area contributed by atoms with Crippen LogP contribution < -0.4 is 11.0 Å². The Bertz CT molecular complexity index is 780. The number of nitrogens with zero attached hydrogens (tertiary/aromatic N) is 2. The molecular formula is C18H23N3O5. The highest BCUT2D eigenvalue weighted by Crippen LogP contribution is 2.28. The fraction of sp³-hybridized carbons (Fsp3) is 0.444. The number of benzene rings is 1. The summed E-state index contributed by atoms with van der Waals surface area (Å²) in [7, 11) is 1.56. The van der Waals surface area contributed by atoms with Gasteiger partial charge in [0.05, 0.1) is 19.3 Å². The topological polar surface area (TPSA) is 106 Å². The van der Waals surface area contributed by atoms with Crippen molar-refractivity contribution in [2.75, 3.05) is 19.0 Å². The predicted molar refractivity (Wildman–Crippen MR) is 94.6 cm³/mol. The molecule has 0 saturated carbocycles. The summed E-state index contributed by atoms with van der Waals surface area (Å²) in [6, 6.07) is 9.78. The lowest BCUT2D eigenvalue weighted by Gasteiger charge is -2.17. The van der Waals surface area contributed by atoms with Crippen LogP contribution in [0.2, 0.25) is 0 Å². The molecule has 3 N–H and O–H groups in total. The molecule has 0 bridgehead atoms. The second kappa shape index (κ2) is 8.41. The lowest BCUT2D eigenvalue weighted by Crippen LogP contribution is -2.29. The number of rotatable bonds is 7. The minimum atomic E-state index is -0.821. The predicted octanol–water partition coefficient (Wildman–Crippen LogP) is 0.642. The Balaban J connectivity index is 1.83. The molecule has 0 amide bonds. The lowest BCUT2D eigenvalue weighted by molar-refractivity contribution is -0.0460. The van der Waals surface area contributed by atoms with Crippen LogP contribution in [0.3, 0.4) is 0 Å². The van der Waals surface area contributed by atoms with Gasteiger partial charge >= 0.3 is 5.69 Å². The van der Waals surface area contributed by atoms with E-state index in [0.29, 0.717) is 17.9 Å².